The van der Waals surface area contributed by atoms with Gasteiger partial charge in [0.05, 0.1) is 40.3 Å². The van der Waals surface area contributed by atoms with Crippen LogP contribution in [-0.2, 0) is 0 Å². The van der Waals surface area contributed by atoms with Crippen molar-refractivity contribution >= 4 is 16.5 Å². The summed E-state index contributed by atoms with van der Waals surface area (Å²) in [6.07, 6.45) is 1.23. The monoisotopic (exact) mass is 429 g/mol. The smallest absolute Gasteiger partial charge is 0.186 e. The van der Waals surface area contributed by atoms with Crippen molar-refractivity contribution in [2.75, 3.05) is 24.6 Å². The van der Waals surface area contributed by atoms with Crippen LogP contribution in [0.25, 0.3) is 21.7 Å². The molecule has 0 atom stereocenters. The lowest BCUT2D eigenvalue weighted by atomic mass is 9.81. The Labute approximate surface area is 186 Å². The molecule has 0 amide bonds. The van der Waals surface area contributed by atoms with Crippen molar-refractivity contribution < 1.29 is 5.11 Å². The van der Waals surface area contributed by atoms with Gasteiger partial charge in [-0.2, -0.15) is 10.5 Å². The Morgan fingerprint density at radius 2 is 1.77 bits per heavy atom. The number of aromatic nitrogens is 2. The van der Waals surface area contributed by atoms with E-state index in [0.717, 1.165) is 38.2 Å². The molecule has 4 rings (SSSR count). The molecule has 156 valence electrons. The molecule has 3 heterocycles. The van der Waals surface area contributed by atoms with Crippen LogP contribution < -0.4 is 4.90 Å². The van der Waals surface area contributed by atoms with E-state index in [1.807, 2.05) is 32.0 Å². The van der Waals surface area contributed by atoms with Crippen LogP contribution in [0, 0.1) is 41.9 Å². The highest BCUT2D eigenvalue weighted by Gasteiger charge is 2.35. The van der Waals surface area contributed by atoms with Crippen LogP contribution in [0.1, 0.15) is 29.8 Å². The number of rotatable bonds is 4. The third-order valence-corrected chi connectivity index (χ3v) is 6.92. The normalized spacial score (nSPS) is 15.3. The second-order valence-corrected chi connectivity index (χ2v) is 9.02. The molecular weight excluding hydrogens is 406 g/mol. The topological polar surface area (TPSA) is 96.8 Å². The number of pyridine rings is 1. The summed E-state index contributed by atoms with van der Waals surface area (Å²) < 4.78 is 0. The van der Waals surface area contributed by atoms with Gasteiger partial charge in [0.2, 0.25) is 0 Å². The van der Waals surface area contributed by atoms with Gasteiger partial charge in [0.15, 0.2) is 5.13 Å². The van der Waals surface area contributed by atoms with Gasteiger partial charge in [-0.15, -0.1) is 0 Å². The van der Waals surface area contributed by atoms with Crippen LogP contribution in [0.3, 0.4) is 0 Å². The minimum absolute atomic E-state index is 0.109. The summed E-state index contributed by atoms with van der Waals surface area (Å²) in [6.45, 7) is 5.20. The second-order valence-electron chi connectivity index (χ2n) is 8.04. The number of aliphatic hydroxyl groups excluding tert-OH is 1. The van der Waals surface area contributed by atoms with E-state index in [9.17, 15) is 15.6 Å². The van der Waals surface area contributed by atoms with Crippen molar-refractivity contribution in [1.29, 1.82) is 10.5 Å². The standard InChI is InChI=1S/C24H23N5OS/c1-16-10-20(11-17(2)27-16)22-21(19-5-3-4-18(12-19)13-25)28-23(31-22)29-8-6-24(14-26,15-30)7-9-29/h3-5,10-12,30H,6-9,15H2,1-2H3. The molecule has 1 saturated heterocycles. The molecule has 0 bridgehead atoms. The second kappa shape index (κ2) is 8.47. The van der Waals surface area contributed by atoms with Gasteiger partial charge in [-0.25, -0.2) is 4.98 Å². The first-order chi connectivity index (χ1) is 15.0. The molecule has 1 aliphatic heterocycles. The summed E-state index contributed by atoms with van der Waals surface area (Å²) in [4.78, 5) is 12.7. The molecule has 3 aromatic rings. The minimum atomic E-state index is -0.653. The minimum Gasteiger partial charge on any atom is -0.395 e. The molecule has 0 aliphatic carbocycles. The Morgan fingerprint density at radius 3 is 2.39 bits per heavy atom. The van der Waals surface area contributed by atoms with Gasteiger partial charge in [-0.05, 0) is 56.5 Å². The van der Waals surface area contributed by atoms with Crippen LogP contribution in [0.15, 0.2) is 36.4 Å². The number of piperidine rings is 1. The first kappa shape index (κ1) is 21.0. The maximum Gasteiger partial charge on any atom is 0.186 e. The van der Waals surface area contributed by atoms with Gasteiger partial charge in [-0.1, -0.05) is 23.5 Å². The summed E-state index contributed by atoms with van der Waals surface area (Å²) in [5.41, 5.74) is 4.65. The Balaban J connectivity index is 1.78. The van der Waals surface area contributed by atoms with Gasteiger partial charge in [0.1, 0.15) is 0 Å². The number of benzene rings is 1. The first-order valence-electron chi connectivity index (χ1n) is 10.2. The highest BCUT2D eigenvalue weighted by molar-refractivity contribution is 7.19. The maximum atomic E-state index is 9.66. The molecule has 0 saturated carbocycles. The van der Waals surface area contributed by atoms with E-state index in [4.69, 9.17) is 4.98 Å². The number of nitriles is 2. The van der Waals surface area contributed by atoms with Gasteiger partial charge in [0.25, 0.3) is 0 Å². The molecule has 31 heavy (non-hydrogen) atoms. The number of thiazole rings is 1. The summed E-state index contributed by atoms with van der Waals surface area (Å²) >= 11 is 1.62. The highest BCUT2D eigenvalue weighted by atomic mass is 32.1. The zero-order chi connectivity index (χ0) is 22.0. The summed E-state index contributed by atoms with van der Waals surface area (Å²) in [5, 5.41) is 29.4. The van der Waals surface area contributed by atoms with Gasteiger partial charge in [-0.3, -0.25) is 4.98 Å². The molecule has 1 fully saturated rings. The number of hydrogen-bond acceptors (Lipinski definition) is 7. The first-order valence-corrected chi connectivity index (χ1v) is 11.0. The Morgan fingerprint density at radius 1 is 1.06 bits per heavy atom. The highest BCUT2D eigenvalue weighted by Crippen LogP contribution is 2.42. The van der Waals surface area contributed by atoms with Crippen LogP contribution >= 0.6 is 11.3 Å². The molecule has 0 spiro atoms. The zero-order valence-corrected chi connectivity index (χ0v) is 18.4. The Bertz CT molecular complexity index is 1180. The average Bonchev–Trinajstić information content (AvgIpc) is 3.24. The van der Waals surface area contributed by atoms with E-state index < -0.39 is 5.41 Å². The van der Waals surface area contributed by atoms with Gasteiger partial charge in [0, 0.05) is 30.0 Å². The zero-order valence-electron chi connectivity index (χ0n) is 17.6. The van der Waals surface area contributed by atoms with Gasteiger partial charge < -0.3 is 10.0 Å². The number of anilines is 1. The fraction of sp³-hybridized carbons (Fsp3) is 0.333. The van der Waals surface area contributed by atoms with E-state index in [1.54, 1.807) is 17.4 Å². The van der Waals surface area contributed by atoms with Crippen molar-refractivity contribution in [2.45, 2.75) is 26.7 Å². The lowest BCUT2D eigenvalue weighted by Gasteiger charge is -2.35. The Kier molecular flexibility index (Phi) is 5.73. The lowest BCUT2D eigenvalue weighted by molar-refractivity contribution is 0.148. The third kappa shape index (κ3) is 4.16. The molecular formula is C24H23N5OS. The fourth-order valence-electron chi connectivity index (χ4n) is 3.97. The van der Waals surface area contributed by atoms with Crippen molar-refractivity contribution in [1.82, 2.24) is 9.97 Å². The number of aliphatic hydroxyl groups is 1. The van der Waals surface area contributed by atoms with E-state index in [0.29, 0.717) is 31.5 Å². The molecule has 1 aliphatic rings. The van der Waals surface area contributed by atoms with Crippen LogP contribution in [0.2, 0.25) is 0 Å². The quantitative estimate of drug-likeness (QED) is 0.657. The SMILES string of the molecule is Cc1cc(-c2sc(N3CCC(C#N)(CO)CC3)nc2-c2cccc(C#N)c2)cc(C)n1. The van der Waals surface area contributed by atoms with E-state index in [2.05, 4.69) is 34.2 Å². The molecule has 7 heteroatoms. The molecule has 0 unspecified atom stereocenters. The van der Waals surface area contributed by atoms with E-state index in [1.165, 1.54) is 0 Å². The average molecular weight is 430 g/mol. The van der Waals surface area contributed by atoms with Crippen LogP contribution in [0.4, 0.5) is 5.13 Å². The van der Waals surface area contributed by atoms with Crippen LogP contribution in [-0.4, -0.2) is 34.8 Å². The predicted octanol–water partition coefficient (Wildman–Crippen LogP) is 4.46. The summed E-state index contributed by atoms with van der Waals surface area (Å²) in [7, 11) is 0. The molecule has 1 N–H and O–H groups in total. The van der Waals surface area contributed by atoms with Gasteiger partial charge >= 0.3 is 0 Å². The van der Waals surface area contributed by atoms with Crippen molar-refractivity contribution in [3.8, 4) is 33.8 Å². The van der Waals surface area contributed by atoms with Crippen LogP contribution in [0.5, 0.6) is 0 Å². The summed E-state index contributed by atoms with van der Waals surface area (Å²) in [5.74, 6) is 0. The molecule has 1 aromatic carbocycles. The summed E-state index contributed by atoms with van der Waals surface area (Å²) in [6, 6.07) is 16.1. The largest absolute Gasteiger partial charge is 0.395 e. The van der Waals surface area contributed by atoms with Crippen molar-refractivity contribution in [2.24, 2.45) is 5.41 Å². The fourth-order valence-corrected chi connectivity index (χ4v) is 5.10. The maximum absolute atomic E-state index is 9.66. The molecule has 0 radical (unpaired) electrons. The van der Waals surface area contributed by atoms with E-state index in [-0.39, 0.29) is 6.61 Å². The molecule has 2 aromatic heterocycles. The van der Waals surface area contributed by atoms with E-state index >= 15 is 0 Å². The number of nitrogens with zero attached hydrogens (tertiary/aromatic N) is 5. The van der Waals surface area contributed by atoms with Crippen molar-refractivity contribution in [3.63, 3.8) is 0 Å². The number of aryl methyl sites for hydroxylation is 2. The molecule has 6 nitrogen and oxygen atoms in total. The third-order valence-electron chi connectivity index (χ3n) is 5.76. The lowest BCUT2D eigenvalue weighted by Crippen LogP contribution is -2.41. The number of hydrogen-bond donors (Lipinski definition) is 1. The Hall–Kier alpha value is -3.26. The predicted molar refractivity (Wildman–Crippen MR) is 122 cm³/mol. The van der Waals surface area contributed by atoms with Crippen molar-refractivity contribution in [3.05, 3.63) is 53.3 Å².